The Hall–Kier alpha value is -3.29. The molecular weight excluding hydrogens is 550 g/mol. The van der Waals surface area contributed by atoms with Crippen LogP contribution in [0.2, 0.25) is 0 Å². The number of carbonyl (C=O) groups excluding carboxylic acids is 2. The summed E-state index contributed by atoms with van der Waals surface area (Å²) in [6.45, 7) is 2.81. The number of nitrogens with zero attached hydrogens (tertiary/aromatic N) is 5. The lowest BCUT2D eigenvalue weighted by Crippen LogP contribution is -2.19. The summed E-state index contributed by atoms with van der Waals surface area (Å²) in [4.78, 5) is 29.4. The molecular formula is C23H24BrN7O4S. The fourth-order valence-corrected chi connectivity index (χ4v) is 5.11. The van der Waals surface area contributed by atoms with Crippen LogP contribution in [0.5, 0.6) is 0 Å². The quantitative estimate of drug-likeness (QED) is 0.290. The third kappa shape index (κ3) is 5.27. The maximum absolute atomic E-state index is 13.1. The van der Waals surface area contributed by atoms with Gasteiger partial charge in [0.25, 0.3) is 5.91 Å². The van der Waals surface area contributed by atoms with Gasteiger partial charge in [-0.3, -0.25) is 14.3 Å². The summed E-state index contributed by atoms with van der Waals surface area (Å²) in [5.41, 5.74) is 1.53. The number of carbonyl (C=O) groups is 2. The average Bonchev–Trinajstić information content (AvgIpc) is 3.62. The van der Waals surface area contributed by atoms with Crippen molar-refractivity contribution in [3.63, 3.8) is 0 Å². The van der Waals surface area contributed by atoms with E-state index in [4.69, 9.17) is 9.47 Å². The summed E-state index contributed by atoms with van der Waals surface area (Å²) in [6.07, 6.45) is 7.88. The van der Waals surface area contributed by atoms with Crippen molar-refractivity contribution in [3.8, 4) is 0 Å². The van der Waals surface area contributed by atoms with Crippen molar-refractivity contribution in [1.29, 1.82) is 0 Å². The Bertz CT molecular complexity index is 1390. The zero-order valence-corrected chi connectivity index (χ0v) is 21.8. The number of halogens is 1. The first kappa shape index (κ1) is 24.4. The zero-order valence-electron chi connectivity index (χ0n) is 19.4. The molecule has 1 amide bonds. The monoisotopic (exact) mass is 573 g/mol. The Balaban J connectivity index is 1.28. The van der Waals surface area contributed by atoms with Gasteiger partial charge in [0.1, 0.15) is 11.4 Å². The predicted molar refractivity (Wildman–Crippen MR) is 138 cm³/mol. The van der Waals surface area contributed by atoms with Gasteiger partial charge in [-0.05, 0) is 54.2 Å². The van der Waals surface area contributed by atoms with E-state index in [1.165, 1.54) is 22.2 Å². The molecule has 4 aromatic rings. The summed E-state index contributed by atoms with van der Waals surface area (Å²) in [5.74, 6) is -0.146. The summed E-state index contributed by atoms with van der Waals surface area (Å²) in [5, 5.41) is 16.2. The zero-order chi connectivity index (χ0) is 25.1. The van der Waals surface area contributed by atoms with Crippen molar-refractivity contribution < 1.29 is 19.1 Å². The van der Waals surface area contributed by atoms with E-state index in [9.17, 15) is 9.59 Å². The van der Waals surface area contributed by atoms with Gasteiger partial charge in [-0.25, -0.2) is 9.67 Å². The molecule has 1 aromatic carbocycles. The Kier molecular flexibility index (Phi) is 7.30. The van der Waals surface area contributed by atoms with Crippen LogP contribution in [-0.2, 0) is 20.8 Å². The third-order valence-corrected chi connectivity index (χ3v) is 7.17. The highest BCUT2D eigenvalue weighted by Crippen LogP contribution is 2.35. The number of nitrogens with one attached hydrogen (secondary N) is 2. The van der Waals surface area contributed by atoms with Gasteiger partial charge in [0.15, 0.2) is 17.2 Å². The van der Waals surface area contributed by atoms with Crippen molar-refractivity contribution in [2.75, 3.05) is 23.8 Å². The Labute approximate surface area is 218 Å². The van der Waals surface area contributed by atoms with E-state index in [1.54, 1.807) is 25.4 Å². The highest BCUT2D eigenvalue weighted by molar-refractivity contribution is 9.10. The Morgan fingerprint density at radius 2 is 2.17 bits per heavy atom. The van der Waals surface area contributed by atoms with Crippen LogP contribution in [0.1, 0.15) is 42.1 Å². The van der Waals surface area contributed by atoms with E-state index in [0.29, 0.717) is 28.1 Å². The number of aromatic nitrogens is 5. The minimum Gasteiger partial charge on any atom is -0.465 e. The lowest BCUT2D eigenvalue weighted by molar-refractivity contribution is -0.144. The Morgan fingerprint density at radius 1 is 1.28 bits per heavy atom. The molecule has 0 radical (unpaired) electrons. The second kappa shape index (κ2) is 10.8. The van der Waals surface area contributed by atoms with E-state index in [1.807, 2.05) is 16.8 Å². The molecule has 5 rings (SSSR count). The number of hydrogen-bond donors (Lipinski definition) is 2. The van der Waals surface area contributed by atoms with Crippen molar-refractivity contribution in [1.82, 2.24) is 24.5 Å². The van der Waals surface area contributed by atoms with Gasteiger partial charge >= 0.3 is 5.97 Å². The minimum atomic E-state index is -0.363. The van der Waals surface area contributed by atoms with Crippen LogP contribution in [0.3, 0.4) is 0 Å². The molecule has 0 aliphatic carbocycles. The highest BCUT2D eigenvalue weighted by atomic mass is 79.9. The number of esters is 1. The smallest absolute Gasteiger partial charge is 0.327 e. The third-order valence-electron chi connectivity index (χ3n) is 5.60. The maximum Gasteiger partial charge on any atom is 0.327 e. The predicted octanol–water partition coefficient (Wildman–Crippen LogP) is 4.71. The maximum atomic E-state index is 13.1. The lowest BCUT2D eigenvalue weighted by atomic mass is 10.1. The van der Waals surface area contributed by atoms with Crippen LogP contribution in [0.25, 0.3) is 10.9 Å². The molecule has 36 heavy (non-hydrogen) atoms. The van der Waals surface area contributed by atoms with Crippen molar-refractivity contribution in [3.05, 3.63) is 46.1 Å². The number of anilines is 3. The summed E-state index contributed by atoms with van der Waals surface area (Å²) in [7, 11) is 0. The second-order valence-electron chi connectivity index (χ2n) is 8.08. The fourth-order valence-electron chi connectivity index (χ4n) is 3.94. The molecule has 1 fully saturated rings. The average molecular weight is 574 g/mol. The first-order valence-corrected chi connectivity index (χ1v) is 13.1. The number of fused-ring (bicyclic) bond motifs is 1. The molecule has 188 valence electrons. The first-order valence-electron chi connectivity index (χ1n) is 11.5. The molecule has 0 saturated carbocycles. The SMILES string of the molecule is CCOC(=O)Cn1ccc(Nc2ncc(C(=O)Nc3c(Br)ccc4c3cnn4C3CCCCO3)s2)n1. The Morgan fingerprint density at radius 3 is 2.97 bits per heavy atom. The fraction of sp³-hybridized carbons (Fsp3) is 0.348. The van der Waals surface area contributed by atoms with Gasteiger partial charge in [0.2, 0.25) is 0 Å². The molecule has 1 aliphatic heterocycles. The van der Waals surface area contributed by atoms with Gasteiger partial charge < -0.3 is 20.1 Å². The van der Waals surface area contributed by atoms with Gasteiger partial charge in [-0.2, -0.15) is 10.2 Å². The van der Waals surface area contributed by atoms with Gasteiger partial charge in [0, 0.05) is 28.7 Å². The highest BCUT2D eigenvalue weighted by Gasteiger charge is 2.21. The standard InChI is InChI=1S/C23H24BrN7O4S/c1-2-34-20(32)13-30-9-8-18(29-30)27-23-25-12-17(36-23)22(33)28-21-14-11-26-31(16(14)7-6-15(21)24)19-5-3-4-10-35-19/h6-9,11-12,19H,2-5,10,13H2,1H3,(H,28,33)(H,25,27,29). The van der Waals surface area contributed by atoms with Crippen LogP contribution in [0, 0.1) is 0 Å². The number of ether oxygens (including phenoxy) is 2. The van der Waals surface area contributed by atoms with E-state index in [0.717, 1.165) is 41.2 Å². The van der Waals surface area contributed by atoms with Gasteiger partial charge in [0.05, 0.1) is 30.2 Å². The molecule has 1 saturated heterocycles. The molecule has 0 bridgehead atoms. The molecule has 0 spiro atoms. The van der Waals surface area contributed by atoms with Crippen LogP contribution in [0.15, 0.2) is 41.3 Å². The van der Waals surface area contributed by atoms with E-state index in [2.05, 4.69) is 41.7 Å². The number of hydrogen-bond acceptors (Lipinski definition) is 9. The van der Waals surface area contributed by atoms with Crippen LogP contribution in [-0.4, -0.2) is 49.6 Å². The summed E-state index contributed by atoms with van der Waals surface area (Å²) < 4.78 is 14.9. The van der Waals surface area contributed by atoms with Gasteiger partial charge in [-0.1, -0.05) is 11.3 Å². The molecule has 1 unspecified atom stereocenters. The molecule has 1 atom stereocenters. The van der Waals surface area contributed by atoms with Gasteiger partial charge in [-0.15, -0.1) is 0 Å². The topological polar surface area (TPSA) is 125 Å². The van der Waals surface area contributed by atoms with Crippen LogP contribution >= 0.6 is 27.3 Å². The summed E-state index contributed by atoms with van der Waals surface area (Å²) in [6, 6.07) is 5.58. The number of rotatable bonds is 8. The van der Waals surface area contributed by atoms with Crippen molar-refractivity contribution >= 4 is 66.7 Å². The molecule has 1 aliphatic rings. The van der Waals surface area contributed by atoms with E-state index >= 15 is 0 Å². The van der Waals surface area contributed by atoms with Crippen LogP contribution < -0.4 is 10.6 Å². The summed E-state index contributed by atoms with van der Waals surface area (Å²) >= 11 is 4.75. The largest absolute Gasteiger partial charge is 0.465 e. The van der Waals surface area contributed by atoms with Crippen LogP contribution in [0.4, 0.5) is 16.6 Å². The number of amides is 1. The second-order valence-corrected chi connectivity index (χ2v) is 9.96. The number of thiazole rings is 1. The normalized spacial score (nSPS) is 15.7. The van der Waals surface area contributed by atoms with Crippen molar-refractivity contribution in [2.24, 2.45) is 0 Å². The molecule has 3 aromatic heterocycles. The van der Waals surface area contributed by atoms with E-state index < -0.39 is 0 Å². The lowest BCUT2D eigenvalue weighted by Gasteiger charge is -2.23. The molecule has 4 heterocycles. The molecule has 11 nitrogen and oxygen atoms in total. The van der Waals surface area contributed by atoms with E-state index in [-0.39, 0.29) is 24.6 Å². The first-order chi connectivity index (χ1) is 17.5. The molecule has 2 N–H and O–H groups in total. The molecule has 13 heteroatoms. The number of benzene rings is 1. The minimum absolute atomic E-state index is 0.0188. The van der Waals surface area contributed by atoms with Crippen molar-refractivity contribution in [2.45, 2.75) is 39.0 Å².